The standard InChI is InChI=1S/C15H26N2OS/c1-4-12(5-2)17(9-10-18)14-7-6-8-15(19-3)13(14)11-16/h6-8,12,18H,4-5,9-11,16H2,1-3H3. The number of aliphatic hydroxyl groups is 1. The Morgan fingerprint density at radius 2 is 2.00 bits per heavy atom. The van der Waals surface area contributed by atoms with Gasteiger partial charge in [-0.15, -0.1) is 11.8 Å². The molecule has 0 atom stereocenters. The summed E-state index contributed by atoms with van der Waals surface area (Å²) >= 11 is 1.73. The van der Waals surface area contributed by atoms with Crippen molar-refractivity contribution in [2.45, 2.75) is 44.2 Å². The van der Waals surface area contributed by atoms with Crippen molar-refractivity contribution in [3.8, 4) is 0 Å². The highest BCUT2D eigenvalue weighted by atomic mass is 32.2. The van der Waals surface area contributed by atoms with Crippen molar-refractivity contribution in [3.63, 3.8) is 0 Å². The van der Waals surface area contributed by atoms with Crippen LogP contribution < -0.4 is 10.6 Å². The first-order valence-corrected chi connectivity index (χ1v) is 8.19. The molecule has 3 N–H and O–H groups in total. The van der Waals surface area contributed by atoms with E-state index in [1.54, 1.807) is 11.8 Å². The minimum atomic E-state index is 0.171. The number of rotatable bonds is 8. The number of nitrogens with two attached hydrogens (primary N) is 1. The van der Waals surface area contributed by atoms with Crippen molar-refractivity contribution < 1.29 is 5.11 Å². The summed E-state index contributed by atoms with van der Waals surface area (Å²) in [5, 5.41) is 9.35. The van der Waals surface area contributed by atoms with E-state index < -0.39 is 0 Å². The van der Waals surface area contributed by atoms with Gasteiger partial charge in [0.15, 0.2) is 0 Å². The van der Waals surface area contributed by atoms with E-state index in [-0.39, 0.29) is 6.61 Å². The van der Waals surface area contributed by atoms with E-state index in [1.165, 1.54) is 16.1 Å². The Kier molecular flexibility index (Phi) is 7.28. The van der Waals surface area contributed by atoms with Crippen LogP contribution >= 0.6 is 11.8 Å². The van der Waals surface area contributed by atoms with Gasteiger partial charge < -0.3 is 15.7 Å². The Hall–Kier alpha value is -0.710. The molecule has 0 aliphatic carbocycles. The van der Waals surface area contributed by atoms with Crippen molar-refractivity contribution in [3.05, 3.63) is 23.8 Å². The van der Waals surface area contributed by atoms with Gasteiger partial charge in [0.05, 0.1) is 6.61 Å². The number of thioether (sulfide) groups is 1. The molecule has 0 saturated heterocycles. The topological polar surface area (TPSA) is 49.5 Å². The highest BCUT2D eigenvalue weighted by molar-refractivity contribution is 7.98. The normalized spacial score (nSPS) is 11.1. The Morgan fingerprint density at radius 3 is 2.47 bits per heavy atom. The largest absolute Gasteiger partial charge is 0.395 e. The molecule has 0 amide bonds. The lowest BCUT2D eigenvalue weighted by Gasteiger charge is -2.34. The van der Waals surface area contributed by atoms with Crippen LogP contribution in [0.2, 0.25) is 0 Å². The molecular weight excluding hydrogens is 256 g/mol. The van der Waals surface area contributed by atoms with Gasteiger partial charge in [-0.3, -0.25) is 0 Å². The second-order valence-corrected chi connectivity index (χ2v) is 5.40. The van der Waals surface area contributed by atoms with Crippen molar-refractivity contribution in [2.75, 3.05) is 24.3 Å². The summed E-state index contributed by atoms with van der Waals surface area (Å²) < 4.78 is 0. The van der Waals surface area contributed by atoms with Crippen molar-refractivity contribution in [2.24, 2.45) is 5.73 Å². The molecule has 0 aromatic heterocycles. The Labute approximate surface area is 121 Å². The first kappa shape index (κ1) is 16.3. The lowest BCUT2D eigenvalue weighted by molar-refractivity contribution is 0.296. The number of benzene rings is 1. The predicted octanol–water partition coefficient (Wildman–Crippen LogP) is 2.85. The number of anilines is 1. The molecule has 1 aromatic rings. The smallest absolute Gasteiger partial charge is 0.0606 e. The molecular formula is C15H26N2OS. The van der Waals surface area contributed by atoms with E-state index in [4.69, 9.17) is 5.73 Å². The van der Waals surface area contributed by atoms with Crippen LogP contribution in [0.3, 0.4) is 0 Å². The molecule has 0 fully saturated rings. The van der Waals surface area contributed by atoms with Gasteiger partial charge in [-0.05, 0) is 31.2 Å². The molecule has 4 heteroatoms. The van der Waals surface area contributed by atoms with Crippen LogP contribution in [0.15, 0.2) is 23.1 Å². The zero-order chi connectivity index (χ0) is 14.3. The van der Waals surface area contributed by atoms with Crippen LogP contribution in [0.5, 0.6) is 0 Å². The van der Waals surface area contributed by atoms with Crippen LogP contribution in [-0.2, 0) is 6.54 Å². The molecule has 0 saturated carbocycles. The second-order valence-electron chi connectivity index (χ2n) is 4.55. The van der Waals surface area contributed by atoms with E-state index in [2.05, 4.69) is 43.2 Å². The quantitative estimate of drug-likeness (QED) is 0.720. The van der Waals surface area contributed by atoms with E-state index >= 15 is 0 Å². The van der Waals surface area contributed by atoms with Crippen LogP contribution in [0.4, 0.5) is 5.69 Å². The second kappa shape index (κ2) is 8.46. The van der Waals surface area contributed by atoms with Crippen LogP contribution in [-0.4, -0.2) is 30.6 Å². The Balaban J connectivity index is 3.21. The maximum absolute atomic E-state index is 9.35. The lowest BCUT2D eigenvalue weighted by atomic mass is 10.1. The van der Waals surface area contributed by atoms with Crippen LogP contribution in [0.1, 0.15) is 32.3 Å². The lowest BCUT2D eigenvalue weighted by Crippen LogP contribution is -2.37. The Morgan fingerprint density at radius 1 is 1.32 bits per heavy atom. The molecule has 108 valence electrons. The van der Waals surface area contributed by atoms with Gasteiger partial charge >= 0.3 is 0 Å². The first-order chi connectivity index (χ1) is 9.23. The van der Waals surface area contributed by atoms with Gasteiger partial charge in [-0.25, -0.2) is 0 Å². The van der Waals surface area contributed by atoms with Crippen molar-refractivity contribution in [1.29, 1.82) is 0 Å². The third-order valence-electron chi connectivity index (χ3n) is 3.57. The predicted molar refractivity (Wildman–Crippen MR) is 84.9 cm³/mol. The van der Waals surface area contributed by atoms with E-state index in [0.29, 0.717) is 19.1 Å². The number of hydrogen-bond acceptors (Lipinski definition) is 4. The fraction of sp³-hybridized carbons (Fsp3) is 0.600. The average Bonchev–Trinajstić information content (AvgIpc) is 2.46. The van der Waals surface area contributed by atoms with Crippen molar-refractivity contribution in [1.82, 2.24) is 0 Å². The molecule has 0 radical (unpaired) electrons. The molecule has 0 aliphatic heterocycles. The molecule has 0 bridgehead atoms. The summed E-state index contributed by atoms with van der Waals surface area (Å²) in [6, 6.07) is 6.76. The summed E-state index contributed by atoms with van der Waals surface area (Å²) in [5.41, 5.74) is 8.31. The third kappa shape index (κ3) is 3.88. The van der Waals surface area contributed by atoms with Gasteiger partial charge in [0, 0.05) is 35.3 Å². The fourth-order valence-electron chi connectivity index (χ4n) is 2.56. The summed E-state index contributed by atoms with van der Waals surface area (Å²) in [6.07, 6.45) is 4.22. The minimum absolute atomic E-state index is 0.171. The molecule has 1 aromatic carbocycles. The Bertz CT molecular complexity index is 380. The van der Waals surface area contributed by atoms with E-state index in [1.807, 2.05) is 0 Å². The summed E-state index contributed by atoms with van der Waals surface area (Å²) in [5.74, 6) is 0. The maximum Gasteiger partial charge on any atom is 0.0606 e. The van der Waals surface area contributed by atoms with Crippen molar-refractivity contribution >= 4 is 17.4 Å². The van der Waals surface area contributed by atoms with Gasteiger partial charge in [-0.2, -0.15) is 0 Å². The molecule has 0 aliphatic rings. The van der Waals surface area contributed by atoms with Gasteiger partial charge in [0.25, 0.3) is 0 Å². The highest BCUT2D eigenvalue weighted by Gasteiger charge is 2.19. The minimum Gasteiger partial charge on any atom is -0.395 e. The SMILES string of the molecule is CCC(CC)N(CCO)c1cccc(SC)c1CN. The number of nitrogens with zero attached hydrogens (tertiary/aromatic N) is 1. The third-order valence-corrected chi connectivity index (χ3v) is 4.39. The van der Waals surface area contributed by atoms with Crippen LogP contribution in [0, 0.1) is 0 Å². The monoisotopic (exact) mass is 282 g/mol. The zero-order valence-electron chi connectivity index (χ0n) is 12.2. The van der Waals surface area contributed by atoms with Crippen LogP contribution in [0.25, 0.3) is 0 Å². The highest BCUT2D eigenvalue weighted by Crippen LogP contribution is 2.31. The maximum atomic E-state index is 9.35. The molecule has 3 nitrogen and oxygen atoms in total. The van der Waals surface area contributed by atoms with Gasteiger partial charge in [-0.1, -0.05) is 19.9 Å². The van der Waals surface area contributed by atoms with E-state index in [9.17, 15) is 5.11 Å². The molecule has 0 heterocycles. The first-order valence-electron chi connectivity index (χ1n) is 6.96. The summed E-state index contributed by atoms with van der Waals surface area (Å²) in [7, 11) is 0. The van der Waals surface area contributed by atoms with Gasteiger partial charge in [0.2, 0.25) is 0 Å². The molecule has 0 spiro atoms. The number of hydrogen-bond donors (Lipinski definition) is 2. The fourth-order valence-corrected chi connectivity index (χ4v) is 3.21. The molecule has 19 heavy (non-hydrogen) atoms. The van der Waals surface area contributed by atoms with E-state index in [0.717, 1.165) is 12.8 Å². The summed E-state index contributed by atoms with van der Waals surface area (Å²) in [6.45, 7) is 5.76. The zero-order valence-corrected chi connectivity index (χ0v) is 13.0. The molecule has 1 rings (SSSR count). The summed E-state index contributed by atoms with van der Waals surface area (Å²) in [4.78, 5) is 3.54. The number of aliphatic hydroxyl groups excluding tert-OH is 1. The molecule has 0 unspecified atom stereocenters. The average molecular weight is 282 g/mol. The van der Waals surface area contributed by atoms with Gasteiger partial charge in [0.1, 0.15) is 0 Å².